The summed E-state index contributed by atoms with van der Waals surface area (Å²) in [7, 11) is 1.66. The van der Waals surface area contributed by atoms with Gasteiger partial charge in [-0.05, 0) is 55.2 Å². The Morgan fingerprint density at radius 1 is 1.25 bits per heavy atom. The van der Waals surface area contributed by atoms with Gasteiger partial charge in [-0.2, -0.15) is 0 Å². The smallest absolute Gasteiger partial charge is 0.254 e. The third-order valence-electron chi connectivity index (χ3n) is 4.48. The zero-order chi connectivity index (χ0) is 16.4. The highest BCUT2D eigenvalue weighted by atomic mass is 35.5. The maximum atomic E-state index is 13.0. The molecule has 4 nitrogen and oxygen atoms in total. The van der Waals surface area contributed by atoms with Crippen molar-refractivity contribution in [2.75, 3.05) is 19.4 Å². The van der Waals surface area contributed by atoms with Crippen LogP contribution in [0.1, 0.15) is 40.4 Å². The van der Waals surface area contributed by atoms with Crippen molar-refractivity contribution in [1.82, 2.24) is 4.90 Å². The number of nitrogens with two attached hydrogens (primary N) is 1. The van der Waals surface area contributed by atoms with Crippen molar-refractivity contribution < 1.29 is 9.53 Å². The molecule has 0 aliphatic carbocycles. The number of anilines is 1. The summed E-state index contributed by atoms with van der Waals surface area (Å²) >= 11 is 0. The molecule has 5 heteroatoms. The van der Waals surface area contributed by atoms with Crippen molar-refractivity contribution in [3.05, 3.63) is 59.2 Å². The second-order valence-electron chi connectivity index (χ2n) is 6.01. The van der Waals surface area contributed by atoms with Gasteiger partial charge in [0.1, 0.15) is 5.75 Å². The summed E-state index contributed by atoms with van der Waals surface area (Å²) in [5.74, 6) is 0.877. The number of hydrogen-bond acceptors (Lipinski definition) is 3. The minimum atomic E-state index is 0. The van der Waals surface area contributed by atoms with Crippen LogP contribution in [0, 0.1) is 6.92 Å². The first-order valence-electron chi connectivity index (χ1n) is 7.91. The number of carbonyl (C=O) groups excluding carboxylic acids is 1. The number of nitrogens with zero attached hydrogens (tertiary/aromatic N) is 1. The molecule has 1 fully saturated rings. The van der Waals surface area contributed by atoms with Crippen LogP contribution in [0.25, 0.3) is 0 Å². The molecule has 0 aromatic heterocycles. The lowest BCUT2D eigenvalue weighted by Crippen LogP contribution is -2.31. The van der Waals surface area contributed by atoms with Gasteiger partial charge in [0.05, 0.1) is 13.2 Å². The van der Waals surface area contributed by atoms with Gasteiger partial charge in [-0.1, -0.05) is 18.2 Å². The highest BCUT2D eigenvalue weighted by molar-refractivity contribution is 5.97. The van der Waals surface area contributed by atoms with Gasteiger partial charge in [-0.15, -0.1) is 12.4 Å². The largest absolute Gasteiger partial charge is 0.497 e. The standard InChI is InChI=1S/C19H22N2O2.ClH/c1-13-8-9-15(20)12-17(13)19(22)21-10-4-7-18(21)14-5-3-6-16(11-14)23-2;/h3,5-6,8-9,11-12,18H,4,7,10,20H2,1-2H3;1H. The third kappa shape index (κ3) is 3.49. The molecule has 1 aliphatic rings. The van der Waals surface area contributed by atoms with E-state index in [1.165, 1.54) is 0 Å². The average Bonchev–Trinajstić information content (AvgIpc) is 3.06. The first-order valence-corrected chi connectivity index (χ1v) is 7.91. The van der Waals surface area contributed by atoms with E-state index in [4.69, 9.17) is 10.5 Å². The van der Waals surface area contributed by atoms with E-state index in [2.05, 4.69) is 6.07 Å². The van der Waals surface area contributed by atoms with E-state index in [-0.39, 0.29) is 24.4 Å². The fourth-order valence-corrected chi connectivity index (χ4v) is 3.23. The minimum Gasteiger partial charge on any atom is -0.497 e. The molecule has 1 aliphatic heterocycles. The number of likely N-dealkylation sites (tertiary alicyclic amines) is 1. The molecule has 3 rings (SSSR count). The zero-order valence-corrected chi connectivity index (χ0v) is 14.8. The van der Waals surface area contributed by atoms with Crippen LogP contribution < -0.4 is 10.5 Å². The Morgan fingerprint density at radius 2 is 2.04 bits per heavy atom. The maximum absolute atomic E-state index is 13.0. The first-order chi connectivity index (χ1) is 11.1. The summed E-state index contributed by atoms with van der Waals surface area (Å²) in [5, 5.41) is 0. The van der Waals surface area contributed by atoms with E-state index in [9.17, 15) is 4.79 Å². The Kier molecular flexibility index (Phi) is 5.73. The molecule has 1 unspecified atom stereocenters. The number of carbonyl (C=O) groups is 1. The summed E-state index contributed by atoms with van der Waals surface area (Å²) in [5.41, 5.74) is 9.26. The van der Waals surface area contributed by atoms with Gasteiger partial charge < -0.3 is 15.4 Å². The van der Waals surface area contributed by atoms with Crippen LogP contribution >= 0.6 is 12.4 Å². The Bertz CT molecular complexity index is 733. The van der Waals surface area contributed by atoms with Crippen molar-refractivity contribution in [3.8, 4) is 5.75 Å². The molecule has 0 radical (unpaired) electrons. The van der Waals surface area contributed by atoms with Gasteiger partial charge in [0, 0.05) is 17.8 Å². The van der Waals surface area contributed by atoms with E-state index in [0.29, 0.717) is 11.3 Å². The van der Waals surface area contributed by atoms with Crippen molar-refractivity contribution in [3.63, 3.8) is 0 Å². The predicted octanol–water partition coefficient (Wildman–Crippen LogP) is 3.98. The fourth-order valence-electron chi connectivity index (χ4n) is 3.23. The molecular formula is C19H23ClN2O2. The van der Waals surface area contributed by atoms with E-state index in [1.54, 1.807) is 13.2 Å². The third-order valence-corrected chi connectivity index (χ3v) is 4.48. The molecule has 1 amide bonds. The molecular weight excluding hydrogens is 324 g/mol. The molecule has 0 saturated carbocycles. The normalized spacial score (nSPS) is 16.6. The summed E-state index contributed by atoms with van der Waals surface area (Å²) in [6.07, 6.45) is 1.98. The summed E-state index contributed by atoms with van der Waals surface area (Å²) in [6.45, 7) is 2.72. The molecule has 1 saturated heterocycles. The minimum absolute atomic E-state index is 0. The number of amides is 1. The average molecular weight is 347 g/mol. The second-order valence-corrected chi connectivity index (χ2v) is 6.01. The molecule has 2 aromatic carbocycles. The number of benzene rings is 2. The monoisotopic (exact) mass is 346 g/mol. The Hall–Kier alpha value is -2.20. The molecule has 1 heterocycles. The quantitative estimate of drug-likeness (QED) is 0.855. The van der Waals surface area contributed by atoms with E-state index in [1.807, 2.05) is 42.2 Å². The number of hydrogen-bond donors (Lipinski definition) is 1. The molecule has 0 spiro atoms. The van der Waals surface area contributed by atoms with Crippen molar-refractivity contribution in [2.24, 2.45) is 0 Å². The van der Waals surface area contributed by atoms with E-state index < -0.39 is 0 Å². The highest BCUT2D eigenvalue weighted by Gasteiger charge is 2.31. The SMILES string of the molecule is COc1cccc(C2CCCN2C(=O)c2cc(N)ccc2C)c1.Cl. The van der Waals surface area contributed by atoms with Crippen LogP contribution in [0.4, 0.5) is 5.69 Å². The highest BCUT2D eigenvalue weighted by Crippen LogP contribution is 2.35. The van der Waals surface area contributed by atoms with Crippen molar-refractivity contribution in [2.45, 2.75) is 25.8 Å². The van der Waals surface area contributed by atoms with Gasteiger partial charge >= 0.3 is 0 Å². The first kappa shape index (κ1) is 18.1. The van der Waals surface area contributed by atoms with Gasteiger partial charge in [0.25, 0.3) is 5.91 Å². The molecule has 0 bridgehead atoms. The summed E-state index contributed by atoms with van der Waals surface area (Å²) < 4.78 is 5.31. The van der Waals surface area contributed by atoms with Crippen LogP contribution in [0.3, 0.4) is 0 Å². The van der Waals surface area contributed by atoms with Crippen LogP contribution in [0.2, 0.25) is 0 Å². The van der Waals surface area contributed by atoms with E-state index >= 15 is 0 Å². The predicted molar refractivity (Wildman–Crippen MR) is 98.8 cm³/mol. The van der Waals surface area contributed by atoms with Gasteiger partial charge in [0.2, 0.25) is 0 Å². The Labute approximate surface area is 149 Å². The lowest BCUT2D eigenvalue weighted by atomic mass is 10.0. The van der Waals surface area contributed by atoms with Gasteiger partial charge in [-0.25, -0.2) is 0 Å². The van der Waals surface area contributed by atoms with Crippen LogP contribution in [0.5, 0.6) is 5.75 Å². The lowest BCUT2D eigenvalue weighted by molar-refractivity contribution is 0.0735. The number of ether oxygens (including phenoxy) is 1. The number of nitrogen functional groups attached to an aromatic ring is 1. The second kappa shape index (κ2) is 7.58. The van der Waals surface area contributed by atoms with Gasteiger partial charge in [0.15, 0.2) is 0 Å². The number of aryl methyl sites for hydroxylation is 1. The van der Waals surface area contributed by atoms with Crippen LogP contribution in [-0.2, 0) is 0 Å². The fraction of sp³-hybridized carbons (Fsp3) is 0.316. The van der Waals surface area contributed by atoms with Crippen molar-refractivity contribution >= 4 is 24.0 Å². The summed E-state index contributed by atoms with van der Waals surface area (Å²) in [6, 6.07) is 13.6. The zero-order valence-electron chi connectivity index (χ0n) is 14.0. The molecule has 2 N–H and O–H groups in total. The molecule has 1 atom stereocenters. The topological polar surface area (TPSA) is 55.6 Å². The molecule has 2 aromatic rings. The van der Waals surface area contributed by atoms with Crippen LogP contribution in [-0.4, -0.2) is 24.5 Å². The maximum Gasteiger partial charge on any atom is 0.254 e. The Morgan fingerprint density at radius 3 is 2.79 bits per heavy atom. The van der Waals surface area contributed by atoms with Crippen molar-refractivity contribution in [1.29, 1.82) is 0 Å². The molecule has 128 valence electrons. The number of halogens is 1. The number of rotatable bonds is 3. The van der Waals surface area contributed by atoms with Crippen LogP contribution in [0.15, 0.2) is 42.5 Å². The molecule has 24 heavy (non-hydrogen) atoms. The number of methoxy groups -OCH3 is 1. The summed E-state index contributed by atoms with van der Waals surface area (Å²) in [4.78, 5) is 15.0. The lowest BCUT2D eigenvalue weighted by Gasteiger charge is -2.26. The van der Waals surface area contributed by atoms with Gasteiger partial charge in [-0.3, -0.25) is 4.79 Å². The van der Waals surface area contributed by atoms with E-state index in [0.717, 1.165) is 36.3 Å². The Balaban J connectivity index is 0.00000208.